The highest BCUT2D eigenvalue weighted by atomic mass is 32.2. The molecule has 0 radical (unpaired) electrons. The predicted molar refractivity (Wildman–Crippen MR) is 114 cm³/mol. The number of nitrogens with zero attached hydrogens (tertiary/aromatic N) is 2. The second-order valence-corrected chi connectivity index (χ2v) is 10.1. The van der Waals surface area contributed by atoms with E-state index in [4.69, 9.17) is 4.74 Å². The fourth-order valence-electron chi connectivity index (χ4n) is 3.26. The number of sulfonamides is 1. The molecule has 7 nitrogen and oxygen atoms in total. The molecule has 1 aliphatic rings. The lowest BCUT2D eigenvalue weighted by molar-refractivity contribution is 0.0730. The number of carbonyl (C=O) groups excluding carboxylic acids is 1. The summed E-state index contributed by atoms with van der Waals surface area (Å²) in [5.74, 6) is -0.285. The fraction of sp³-hybridized carbons (Fsp3) is 0.450. The molecular formula is C20H27N3O4S2. The van der Waals surface area contributed by atoms with Gasteiger partial charge in [-0.3, -0.25) is 4.79 Å². The summed E-state index contributed by atoms with van der Waals surface area (Å²) in [4.78, 5) is 16.1. The largest absolute Gasteiger partial charge is 0.379 e. The quantitative estimate of drug-likeness (QED) is 0.718. The van der Waals surface area contributed by atoms with E-state index in [1.54, 1.807) is 30.4 Å². The molecule has 0 unspecified atom stereocenters. The van der Waals surface area contributed by atoms with Gasteiger partial charge in [0.2, 0.25) is 10.0 Å². The van der Waals surface area contributed by atoms with Crippen LogP contribution in [0.2, 0.25) is 0 Å². The van der Waals surface area contributed by atoms with E-state index in [0.29, 0.717) is 44.0 Å². The maximum atomic E-state index is 13.0. The van der Waals surface area contributed by atoms with E-state index in [9.17, 15) is 13.2 Å². The van der Waals surface area contributed by atoms with Crippen LogP contribution in [0, 0.1) is 6.92 Å². The number of benzene rings is 1. The number of amides is 1. The molecule has 29 heavy (non-hydrogen) atoms. The van der Waals surface area contributed by atoms with E-state index in [1.807, 2.05) is 31.6 Å². The number of hydrogen-bond acceptors (Lipinski definition) is 6. The highest BCUT2D eigenvalue weighted by Gasteiger charge is 2.28. The molecule has 2 heterocycles. The second kappa shape index (κ2) is 9.36. The first kappa shape index (κ1) is 21.9. The number of likely N-dealkylation sites (N-methyl/N-ethyl adjacent to an activating group) is 1. The Morgan fingerprint density at radius 3 is 2.62 bits per heavy atom. The van der Waals surface area contributed by atoms with Gasteiger partial charge in [0.05, 0.1) is 24.2 Å². The van der Waals surface area contributed by atoms with E-state index >= 15 is 0 Å². The second-order valence-electron chi connectivity index (χ2n) is 7.20. The van der Waals surface area contributed by atoms with Gasteiger partial charge in [0.25, 0.3) is 5.91 Å². The van der Waals surface area contributed by atoms with Crippen LogP contribution in [0.4, 0.5) is 0 Å². The zero-order valence-electron chi connectivity index (χ0n) is 16.9. The maximum Gasteiger partial charge on any atom is 0.251 e. The summed E-state index contributed by atoms with van der Waals surface area (Å²) in [7, 11) is 0.273. The lowest BCUT2D eigenvalue weighted by Crippen LogP contribution is -2.41. The van der Waals surface area contributed by atoms with Gasteiger partial charge in [-0.1, -0.05) is 12.1 Å². The summed E-state index contributed by atoms with van der Waals surface area (Å²) in [5, 5.41) is 4.95. The van der Waals surface area contributed by atoms with Crippen molar-refractivity contribution >= 4 is 27.3 Å². The zero-order chi connectivity index (χ0) is 21.0. The van der Waals surface area contributed by atoms with Crippen LogP contribution in [-0.4, -0.2) is 70.5 Å². The number of morpholine rings is 1. The number of nitrogens with one attached hydrogen (secondary N) is 1. The van der Waals surface area contributed by atoms with Crippen LogP contribution in [0.15, 0.2) is 40.6 Å². The van der Waals surface area contributed by atoms with Gasteiger partial charge in [0.15, 0.2) is 0 Å². The van der Waals surface area contributed by atoms with Crippen molar-refractivity contribution in [2.24, 2.45) is 0 Å². The van der Waals surface area contributed by atoms with Crippen LogP contribution >= 0.6 is 11.3 Å². The van der Waals surface area contributed by atoms with Crippen LogP contribution in [0.1, 0.15) is 26.8 Å². The first-order valence-corrected chi connectivity index (χ1v) is 11.8. The summed E-state index contributed by atoms with van der Waals surface area (Å²) < 4.78 is 32.7. The first-order valence-electron chi connectivity index (χ1n) is 9.47. The van der Waals surface area contributed by atoms with Gasteiger partial charge in [-0.25, -0.2) is 8.42 Å². The van der Waals surface area contributed by atoms with Crippen LogP contribution in [0.5, 0.6) is 0 Å². The van der Waals surface area contributed by atoms with Gasteiger partial charge >= 0.3 is 0 Å². The molecule has 158 valence electrons. The van der Waals surface area contributed by atoms with Crippen LogP contribution in [0.3, 0.4) is 0 Å². The third-order valence-electron chi connectivity index (χ3n) is 4.99. The summed E-state index contributed by atoms with van der Waals surface area (Å²) in [5.41, 5.74) is 0.962. The smallest absolute Gasteiger partial charge is 0.251 e. The molecule has 1 aromatic heterocycles. The molecule has 1 saturated heterocycles. The Morgan fingerprint density at radius 2 is 2.00 bits per heavy atom. The number of rotatable bonds is 7. The van der Waals surface area contributed by atoms with Crippen molar-refractivity contribution in [1.82, 2.24) is 14.5 Å². The number of hydrogen-bond donors (Lipinski definition) is 1. The SMILES string of the molecule is Cc1ccc(C(=O)NC[C@@H](c2cccs2)N(C)C)cc1S(=O)(=O)N1CCOCC1. The molecule has 1 aromatic carbocycles. The van der Waals surface area contributed by atoms with Gasteiger partial charge in [0, 0.05) is 30.1 Å². The van der Waals surface area contributed by atoms with Crippen molar-refractivity contribution < 1.29 is 17.9 Å². The Bertz CT molecular complexity index is 937. The van der Waals surface area contributed by atoms with Gasteiger partial charge in [-0.15, -0.1) is 11.3 Å². The average molecular weight is 438 g/mol. The van der Waals surface area contributed by atoms with Crippen molar-refractivity contribution in [1.29, 1.82) is 0 Å². The van der Waals surface area contributed by atoms with Crippen LogP contribution in [-0.2, 0) is 14.8 Å². The van der Waals surface area contributed by atoms with Crippen LogP contribution in [0.25, 0.3) is 0 Å². The van der Waals surface area contributed by atoms with Crippen molar-refractivity contribution in [3.63, 3.8) is 0 Å². The Hall–Kier alpha value is -1.78. The molecule has 1 aliphatic heterocycles. The molecule has 1 amide bonds. The molecule has 1 N–H and O–H groups in total. The van der Waals surface area contributed by atoms with E-state index in [0.717, 1.165) is 4.88 Å². The maximum absolute atomic E-state index is 13.0. The lowest BCUT2D eigenvalue weighted by Gasteiger charge is -2.27. The molecule has 0 bridgehead atoms. The summed E-state index contributed by atoms with van der Waals surface area (Å²) >= 11 is 1.64. The Morgan fingerprint density at radius 1 is 1.28 bits per heavy atom. The van der Waals surface area contributed by atoms with Crippen molar-refractivity contribution in [2.45, 2.75) is 17.9 Å². The number of aryl methyl sites for hydroxylation is 1. The van der Waals surface area contributed by atoms with Gasteiger partial charge in [-0.05, 0) is 50.2 Å². The normalized spacial score (nSPS) is 16.7. The number of thiophene rings is 1. The number of carbonyl (C=O) groups is 1. The molecule has 1 fully saturated rings. The Kier molecular flexibility index (Phi) is 7.07. The topological polar surface area (TPSA) is 79.0 Å². The molecular weight excluding hydrogens is 410 g/mol. The first-order chi connectivity index (χ1) is 13.8. The van der Waals surface area contributed by atoms with Crippen LogP contribution < -0.4 is 5.32 Å². The molecule has 1 atom stereocenters. The Labute approximate surface area is 176 Å². The Balaban J connectivity index is 1.77. The molecule has 3 rings (SSSR count). The van der Waals surface area contributed by atoms with E-state index < -0.39 is 10.0 Å². The lowest BCUT2D eigenvalue weighted by atomic mass is 10.1. The minimum atomic E-state index is -3.66. The third-order valence-corrected chi connectivity index (χ3v) is 8.00. The van der Waals surface area contributed by atoms with Crippen molar-refractivity contribution in [3.05, 3.63) is 51.7 Å². The van der Waals surface area contributed by atoms with Crippen molar-refractivity contribution in [2.75, 3.05) is 46.9 Å². The molecule has 0 aliphatic carbocycles. The van der Waals surface area contributed by atoms with Gasteiger partial charge in [0.1, 0.15) is 0 Å². The van der Waals surface area contributed by atoms with Gasteiger partial charge < -0.3 is 15.0 Å². The number of ether oxygens (including phenoxy) is 1. The summed E-state index contributed by atoms with van der Waals surface area (Å²) in [6.07, 6.45) is 0. The average Bonchev–Trinajstić information content (AvgIpc) is 3.23. The minimum Gasteiger partial charge on any atom is -0.379 e. The summed E-state index contributed by atoms with van der Waals surface area (Å²) in [6.45, 7) is 3.59. The highest BCUT2D eigenvalue weighted by Crippen LogP contribution is 2.24. The molecule has 2 aromatic rings. The monoisotopic (exact) mass is 437 g/mol. The fourth-order valence-corrected chi connectivity index (χ4v) is 5.84. The van der Waals surface area contributed by atoms with E-state index in [-0.39, 0.29) is 16.8 Å². The zero-order valence-corrected chi connectivity index (χ0v) is 18.6. The molecule has 0 saturated carbocycles. The molecule has 0 spiro atoms. The minimum absolute atomic E-state index is 0.0564. The molecule has 9 heteroatoms. The van der Waals surface area contributed by atoms with Gasteiger partial charge in [-0.2, -0.15) is 4.31 Å². The predicted octanol–water partition coefficient (Wildman–Crippen LogP) is 2.11. The highest BCUT2D eigenvalue weighted by molar-refractivity contribution is 7.89. The van der Waals surface area contributed by atoms with Crippen molar-refractivity contribution in [3.8, 4) is 0 Å². The van der Waals surface area contributed by atoms with E-state index in [1.165, 1.54) is 10.4 Å². The third kappa shape index (κ3) is 5.04. The standard InChI is InChI=1S/C20H27N3O4S2/c1-15-6-7-16(13-19(15)29(25,26)23-8-10-27-11-9-23)20(24)21-14-17(22(2)3)18-5-4-12-28-18/h4-7,12-13,17H,8-11,14H2,1-3H3,(H,21,24)/t17-/m0/s1. The van der Waals surface area contributed by atoms with E-state index in [2.05, 4.69) is 10.2 Å². The summed E-state index contributed by atoms with van der Waals surface area (Å²) in [6, 6.07) is 8.91.